The second-order valence-corrected chi connectivity index (χ2v) is 2.29. The van der Waals surface area contributed by atoms with Crippen LogP contribution in [0.4, 0.5) is 4.39 Å². The molecule has 0 radical (unpaired) electrons. The molecule has 0 saturated carbocycles. The van der Waals surface area contributed by atoms with E-state index in [1.807, 2.05) is 0 Å². The molecule has 0 saturated heterocycles. The van der Waals surface area contributed by atoms with Crippen LogP contribution in [0.25, 0.3) is 0 Å². The number of ether oxygens (including phenoxy) is 1. The molecule has 4 heteroatoms. The molecule has 3 nitrogen and oxygen atoms in total. The fraction of sp³-hybridized carbons (Fsp3) is 0.375. The zero-order valence-corrected chi connectivity index (χ0v) is 7.00. The highest BCUT2D eigenvalue weighted by Gasteiger charge is 2.09. The predicted molar refractivity (Wildman–Crippen MR) is 42.9 cm³/mol. The minimum atomic E-state index is -0.618. The fourth-order valence-corrected chi connectivity index (χ4v) is 0.960. The van der Waals surface area contributed by atoms with Gasteiger partial charge in [0.2, 0.25) is 17.1 Å². The minimum Gasteiger partial charge on any atom is -0.489 e. The average molecular weight is 171 g/mol. The van der Waals surface area contributed by atoms with Crippen LogP contribution in [-0.2, 0) is 6.54 Å². The molecule has 0 aliphatic carbocycles. The third-order valence-electron chi connectivity index (χ3n) is 1.61. The standard InChI is InChI=1S/C8H10FNO2/c1-3-10-5-4-6(11)7(12-2)8(10)9/h4-5H,3H2,1-2H3. The third kappa shape index (κ3) is 1.32. The number of halogens is 1. The minimum absolute atomic E-state index is 0.223. The van der Waals surface area contributed by atoms with Gasteiger partial charge in [-0.15, -0.1) is 0 Å². The van der Waals surface area contributed by atoms with E-state index in [4.69, 9.17) is 0 Å². The van der Waals surface area contributed by atoms with Crippen molar-refractivity contribution in [3.8, 4) is 5.75 Å². The number of pyridine rings is 1. The van der Waals surface area contributed by atoms with Gasteiger partial charge < -0.3 is 9.30 Å². The van der Waals surface area contributed by atoms with Gasteiger partial charge in [0, 0.05) is 18.8 Å². The number of hydrogen-bond donors (Lipinski definition) is 0. The van der Waals surface area contributed by atoms with Crippen LogP contribution in [-0.4, -0.2) is 11.7 Å². The van der Waals surface area contributed by atoms with Gasteiger partial charge in [0.1, 0.15) is 0 Å². The Morgan fingerprint density at radius 3 is 2.83 bits per heavy atom. The van der Waals surface area contributed by atoms with E-state index in [1.54, 1.807) is 6.92 Å². The maximum Gasteiger partial charge on any atom is 0.240 e. The SMILES string of the molecule is CCn1ccc(=O)c(OC)c1F. The van der Waals surface area contributed by atoms with Crippen LogP contribution < -0.4 is 10.2 Å². The number of nitrogens with zero attached hydrogens (tertiary/aromatic N) is 1. The van der Waals surface area contributed by atoms with E-state index in [1.165, 1.54) is 23.9 Å². The molecule has 1 aromatic rings. The highest BCUT2D eigenvalue weighted by atomic mass is 19.1. The van der Waals surface area contributed by atoms with Crippen molar-refractivity contribution in [2.45, 2.75) is 13.5 Å². The van der Waals surface area contributed by atoms with Crippen LogP contribution in [0, 0.1) is 5.95 Å². The molecule has 0 atom stereocenters. The van der Waals surface area contributed by atoms with Gasteiger partial charge in [0.05, 0.1) is 7.11 Å². The molecule has 0 bridgehead atoms. The van der Waals surface area contributed by atoms with Gasteiger partial charge in [-0.3, -0.25) is 4.79 Å². The van der Waals surface area contributed by atoms with Crippen LogP contribution in [0.15, 0.2) is 17.1 Å². The normalized spacial score (nSPS) is 9.92. The summed E-state index contributed by atoms with van der Waals surface area (Å²) < 4.78 is 19.1. The van der Waals surface area contributed by atoms with Gasteiger partial charge in [0.25, 0.3) is 0 Å². The molecule has 0 fully saturated rings. The van der Waals surface area contributed by atoms with E-state index in [0.29, 0.717) is 6.54 Å². The van der Waals surface area contributed by atoms with Crippen LogP contribution in [0.5, 0.6) is 5.75 Å². The number of hydrogen-bond acceptors (Lipinski definition) is 2. The summed E-state index contributed by atoms with van der Waals surface area (Å²) in [5.74, 6) is -0.841. The number of rotatable bonds is 2. The highest BCUT2D eigenvalue weighted by molar-refractivity contribution is 5.19. The lowest BCUT2D eigenvalue weighted by Crippen LogP contribution is -2.13. The highest BCUT2D eigenvalue weighted by Crippen LogP contribution is 2.09. The number of methoxy groups -OCH3 is 1. The van der Waals surface area contributed by atoms with Crippen molar-refractivity contribution in [3.05, 3.63) is 28.4 Å². The zero-order chi connectivity index (χ0) is 9.14. The molecule has 0 spiro atoms. The molecular formula is C8H10FNO2. The predicted octanol–water partition coefficient (Wildman–Crippen LogP) is 1.02. The van der Waals surface area contributed by atoms with Gasteiger partial charge in [-0.2, -0.15) is 4.39 Å². The second-order valence-electron chi connectivity index (χ2n) is 2.29. The van der Waals surface area contributed by atoms with E-state index in [2.05, 4.69) is 4.74 Å². The lowest BCUT2D eigenvalue weighted by molar-refractivity contribution is 0.356. The van der Waals surface area contributed by atoms with Crippen molar-refractivity contribution in [1.82, 2.24) is 4.57 Å². The van der Waals surface area contributed by atoms with Gasteiger partial charge in [-0.1, -0.05) is 0 Å². The summed E-state index contributed by atoms with van der Waals surface area (Å²) >= 11 is 0. The number of aromatic nitrogens is 1. The van der Waals surface area contributed by atoms with Crippen LogP contribution >= 0.6 is 0 Å². The fourth-order valence-electron chi connectivity index (χ4n) is 0.960. The molecule has 0 aliphatic heterocycles. The van der Waals surface area contributed by atoms with Gasteiger partial charge in [-0.05, 0) is 6.92 Å². The molecule has 12 heavy (non-hydrogen) atoms. The molecule has 1 aromatic heterocycles. The molecule has 1 heterocycles. The zero-order valence-electron chi connectivity index (χ0n) is 7.00. The Morgan fingerprint density at radius 2 is 2.33 bits per heavy atom. The third-order valence-corrected chi connectivity index (χ3v) is 1.61. The van der Waals surface area contributed by atoms with E-state index in [9.17, 15) is 9.18 Å². The van der Waals surface area contributed by atoms with E-state index in [-0.39, 0.29) is 5.75 Å². The molecular weight excluding hydrogens is 161 g/mol. The Labute approximate surface area is 69.4 Å². The maximum atomic E-state index is 13.2. The largest absolute Gasteiger partial charge is 0.489 e. The van der Waals surface area contributed by atoms with E-state index >= 15 is 0 Å². The van der Waals surface area contributed by atoms with Crippen LogP contribution in [0.2, 0.25) is 0 Å². The van der Waals surface area contributed by atoms with Gasteiger partial charge in [-0.25, -0.2) is 0 Å². The summed E-state index contributed by atoms with van der Waals surface area (Å²) in [5, 5.41) is 0. The molecule has 66 valence electrons. The first-order valence-electron chi connectivity index (χ1n) is 3.63. The van der Waals surface area contributed by atoms with Gasteiger partial charge >= 0.3 is 0 Å². The smallest absolute Gasteiger partial charge is 0.240 e. The molecule has 0 N–H and O–H groups in total. The van der Waals surface area contributed by atoms with Crippen LogP contribution in [0.3, 0.4) is 0 Å². The summed E-state index contributed by atoms with van der Waals surface area (Å²) in [5.41, 5.74) is -0.431. The van der Waals surface area contributed by atoms with Crippen molar-refractivity contribution in [2.24, 2.45) is 0 Å². The summed E-state index contributed by atoms with van der Waals surface area (Å²) in [6, 6.07) is 1.28. The van der Waals surface area contributed by atoms with E-state index in [0.717, 1.165) is 0 Å². The van der Waals surface area contributed by atoms with Crippen molar-refractivity contribution >= 4 is 0 Å². The molecule has 1 rings (SSSR count). The first-order chi connectivity index (χ1) is 5.70. The summed E-state index contributed by atoms with van der Waals surface area (Å²) in [7, 11) is 1.28. The Morgan fingerprint density at radius 1 is 1.67 bits per heavy atom. The summed E-state index contributed by atoms with van der Waals surface area (Å²) in [6.45, 7) is 2.26. The molecule has 0 unspecified atom stereocenters. The quantitative estimate of drug-likeness (QED) is 0.622. The average Bonchev–Trinajstić information content (AvgIpc) is 2.06. The maximum absolute atomic E-state index is 13.2. The van der Waals surface area contributed by atoms with Crippen molar-refractivity contribution in [1.29, 1.82) is 0 Å². The first kappa shape index (κ1) is 8.77. The van der Waals surface area contributed by atoms with Crippen LogP contribution in [0.1, 0.15) is 6.92 Å². The molecule has 0 aliphatic rings. The van der Waals surface area contributed by atoms with Crippen molar-refractivity contribution in [3.63, 3.8) is 0 Å². The first-order valence-corrected chi connectivity index (χ1v) is 3.63. The molecule has 0 amide bonds. The lowest BCUT2D eigenvalue weighted by atomic mass is 10.4. The van der Waals surface area contributed by atoms with Crippen molar-refractivity contribution < 1.29 is 9.13 Å². The Hall–Kier alpha value is -1.32. The summed E-state index contributed by atoms with van der Waals surface area (Å²) in [4.78, 5) is 11.0. The van der Waals surface area contributed by atoms with E-state index < -0.39 is 11.4 Å². The Balaban J connectivity index is 3.34. The summed E-state index contributed by atoms with van der Waals surface area (Å²) in [6.07, 6.45) is 1.40. The van der Waals surface area contributed by atoms with Crippen molar-refractivity contribution in [2.75, 3.05) is 7.11 Å². The molecule has 0 aromatic carbocycles. The second kappa shape index (κ2) is 3.38. The van der Waals surface area contributed by atoms with Gasteiger partial charge in [0.15, 0.2) is 0 Å². The Bertz CT molecular complexity index is 332. The monoisotopic (exact) mass is 171 g/mol. The number of aryl methyl sites for hydroxylation is 1. The lowest BCUT2D eigenvalue weighted by Gasteiger charge is -2.06. The topological polar surface area (TPSA) is 31.2 Å². The Kier molecular flexibility index (Phi) is 2.47.